The molecule has 2 aliphatic carbocycles. The second-order valence-electron chi connectivity index (χ2n) is 7.03. The van der Waals surface area contributed by atoms with E-state index >= 15 is 0 Å². The number of fused-ring (bicyclic) bond motifs is 1. The van der Waals surface area contributed by atoms with Crippen LogP contribution in [-0.4, -0.2) is 9.52 Å². The van der Waals surface area contributed by atoms with Gasteiger partial charge >= 0.3 is 150 Å². The van der Waals surface area contributed by atoms with Crippen molar-refractivity contribution >= 4 is 14.7 Å². The minimum Gasteiger partial charge on any atom is -1.00 e. The van der Waals surface area contributed by atoms with E-state index in [-0.39, 0.29) is 46.7 Å². The van der Waals surface area contributed by atoms with Gasteiger partial charge in [-0.2, -0.15) is 0 Å². The molecule has 0 aromatic heterocycles. The van der Waals surface area contributed by atoms with Crippen molar-refractivity contribution in [3.8, 4) is 0 Å². The molecule has 0 nitrogen and oxygen atoms in total. The van der Waals surface area contributed by atoms with Crippen molar-refractivity contribution in [1.82, 2.24) is 0 Å². The van der Waals surface area contributed by atoms with Crippen molar-refractivity contribution in [3.63, 3.8) is 0 Å². The molecule has 0 aliphatic heterocycles. The Morgan fingerprint density at radius 2 is 1.84 bits per heavy atom. The monoisotopic (exact) mass is 448 g/mol. The van der Waals surface area contributed by atoms with Crippen LogP contribution < -0.4 is 42.4 Å². The molecule has 0 amide bonds. The van der Waals surface area contributed by atoms with E-state index in [4.69, 9.17) is 0 Å². The van der Waals surface area contributed by atoms with E-state index in [0.29, 0.717) is 3.72 Å². The van der Waals surface area contributed by atoms with E-state index in [1.54, 1.807) is 10.8 Å². The first-order valence-corrected chi connectivity index (χ1v) is 11.2. The van der Waals surface area contributed by atoms with E-state index in [9.17, 15) is 0 Å². The third-order valence-corrected chi connectivity index (χ3v) is 10.1. The van der Waals surface area contributed by atoms with Gasteiger partial charge in [0.2, 0.25) is 0 Å². The zero-order valence-corrected chi connectivity index (χ0v) is 20.1. The van der Waals surface area contributed by atoms with Crippen LogP contribution in [0, 0.1) is 5.92 Å². The van der Waals surface area contributed by atoms with Gasteiger partial charge < -0.3 is 37.2 Å². The van der Waals surface area contributed by atoms with Gasteiger partial charge in [-0.3, -0.25) is 0 Å². The van der Waals surface area contributed by atoms with Crippen LogP contribution in [0.2, 0.25) is 9.26 Å². The Morgan fingerprint density at radius 3 is 2.52 bits per heavy atom. The van der Waals surface area contributed by atoms with Gasteiger partial charge in [0.15, 0.2) is 0 Å². The van der Waals surface area contributed by atoms with Crippen molar-refractivity contribution in [2.45, 2.75) is 54.7 Å². The normalized spacial score (nSPS) is 27.1. The second kappa shape index (κ2) is 12.1. The molecule has 1 saturated carbocycles. The maximum atomic E-state index is 2.59. The molecule has 0 heterocycles. The fourth-order valence-corrected chi connectivity index (χ4v) is 8.21. The number of rotatable bonds is 6. The molecule has 0 radical (unpaired) electrons. The summed E-state index contributed by atoms with van der Waals surface area (Å²) < 4.78 is 0.479. The zero-order chi connectivity index (χ0) is 15.4. The minimum atomic E-state index is -0.196. The Bertz CT molecular complexity index is 561. The number of hydrogen-bond donors (Lipinski definition) is 0. The summed E-state index contributed by atoms with van der Waals surface area (Å²) in [6.45, 7) is 2.32. The van der Waals surface area contributed by atoms with Crippen molar-refractivity contribution in [2.24, 2.45) is 5.92 Å². The van der Waals surface area contributed by atoms with Crippen LogP contribution in [0.15, 0.2) is 54.1 Å². The fourth-order valence-electron chi connectivity index (χ4n) is 4.35. The molecule has 3 atom stereocenters. The quantitative estimate of drug-likeness (QED) is 0.303. The number of benzene rings is 1. The van der Waals surface area contributed by atoms with E-state index in [1.165, 1.54) is 38.5 Å². The molecule has 5 heteroatoms. The average Bonchev–Trinajstić information content (AvgIpc) is 2.82. The van der Waals surface area contributed by atoms with Gasteiger partial charge in [0.25, 0.3) is 0 Å². The summed E-state index contributed by atoms with van der Waals surface area (Å²) in [6, 6.07) is 11.3. The molecule has 1 fully saturated rings. The van der Waals surface area contributed by atoms with Crippen LogP contribution in [0.3, 0.4) is 0 Å². The van der Waals surface area contributed by atoms with Crippen molar-refractivity contribution in [1.29, 1.82) is 0 Å². The van der Waals surface area contributed by atoms with Gasteiger partial charge in [-0.25, -0.2) is 0 Å². The summed E-state index contributed by atoms with van der Waals surface area (Å²) in [4.78, 5) is 0. The smallest absolute Gasteiger partial charge is 1.00 e. The molecule has 0 bridgehead atoms. The molecule has 0 spiro atoms. The van der Waals surface area contributed by atoms with Crippen molar-refractivity contribution in [2.75, 3.05) is 0 Å². The van der Waals surface area contributed by atoms with E-state index in [1.807, 2.05) is 0 Å². The van der Waals surface area contributed by atoms with Crippen LogP contribution in [0.25, 0.3) is 0 Å². The van der Waals surface area contributed by atoms with Crippen LogP contribution in [0.5, 0.6) is 0 Å². The maximum Gasteiger partial charge on any atom is -1.00 e. The second-order valence-corrected chi connectivity index (χ2v) is 10.6. The van der Waals surface area contributed by atoms with Crippen LogP contribution in [0.1, 0.15) is 45.4 Å². The van der Waals surface area contributed by atoms with E-state index in [2.05, 4.69) is 75.9 Å². The summed E-state index contributed by atoms with van der Waals surface area (Å²) in [5.74, 6) is 0.845. The van der Waals surface area contributed by atoms with Crippen molar-refractivity contribution in [3.05, 3.63) is 54.1 Å². The Labute approximate surface area is 186 Å². The number of allylic oxidation sites excluding steroid dienone is 4. The topological polar surface area (TPSA) is 0 Å². The molecule has 3 unspecified atom stereocenters. The standard InChI is InChI=1S/C20H27Si.3ClH.Ti/c1-2-3-5-14-19-18-13-9-8-10-16(18)15-20(19)21-17-11-6-4-7-12-17;;;;/h4,6-9,11-13,16,20H,2-3,5,10,14-15,21H2,1H3;3*1H;/q;;;;+3/p-3. The zero-order valence-electron chi connectivity index (χ0n) is 14.9. The summed E-state index contributed by atoms with van der Waals surface area (Å²) in [6.07, 6.45) is 15.4. The fraction of sp³-hybridized carbons (Fsp3) is 0.500. The molecule has 1 aromatic rings. The molecule has 25 heavy (non-hydrogen) atoms. The van der Waals surface area contributed by atoms with Crippen molar-refractivity contribution < 1.29 is 57.7 Å². The molecular formula is C20H27Cl3SiTi. The number of halogens is 3. The molecule has 0 saturated heterocycles. The van der Waals surface area contributed by atoms with Crippen LogP contribution in [-0.2, 0) is 20.4 Å². The molecular weight excluding hydrogens is 423 g/mol. The van der Waals surface area contributed by atoms with E-state index in [0.717, 1.165) is 11.5 Å². The molecule has 0 N–H and O–H groups in total. The van der Waals surface area contributed by atoms with Gasteiger partial charge in [-0.15, -0.1) is 0 Å². The van der Waals surface area contributed by atoms with Crippen LogP contribution in [0.4, 0.5) is 0 Å². The molecule has 2 aliphatic rings. The van der Waals surface area contributed by atoms with E-state index < -0.39 is 0 Å². The SMILES string of the molecule is CCCCC[C]1([Ti+3])C2=CC=CCC2CC1[SiH2]c1ccccc1.[Cl-].[Cl-].[Cl-]. The summed E-state index contributed by atoms with van der Waals surface area (Å²) in [7, 11) is -0.196. The van der Waals surface area contributed by atoms with Gasteiger partial charge in [0, 0.05) is 0 Å². The summed E-state index contributed by atoms with van der Waals surface area (Å²) in [5, 5.41) is 1.65. The predicted molar refractivity (Wildman–Crippen MR) is 95.2 cm³/mol. The predicted octanol–water partition coefficient (Wildman–Crippen LogP) is -4.53. The first-order chi connectivity index (χ1) is 10.7. The summed E-state index contributed by atoms with van der Waals surface area (Å²) >= 11 is 2.59. The van der Waals surface area contributed by atoms with Gasteiger partial charge in [0.1, 0.15) is 0 Å². The van der Waals surface area contributed by atoms with Crippen LogP contribution >= 0.6 is 0 Å². The Hall–Kier alpha value is 0.501. The third kappa shape index (κ3) is 5.99. The third-order valence-electron chi connectivity index (χ3n) is 5.55. The molecule has 136 valence electrons. The Kier molecular flexibility index (Phi) is 12.3. The Balaban J connectivity index is 0.00000192. The molecule has 1 aromatic carbocycles. The van der Waals surface area contributed by atoms with Gasteiger partial charge in [-0.1, -0.05) is 0 Å². The summed E-state index contributed by atoms with van der Waals surface area (Å²) in [5.41, 5.74) is 2.74. The maximum absolute atomic E-state index is 2.59. The minimum absolute atomic E-state index is 0. The number of hydrogen-bond acceptors (Lipinski definition) is 0. The van der Waals surface area contributed by atoms with Gasteiger partial charge in [0.05, 0.1) is 0 Å². The first kappa shape index (κ1) is 25.5. The first-order valence-electron chi connectivity index (χ1n) is 8.90. The number of unbranched alkanes of at least 4 members (excludes halogenated alkanes) is 2. The van der Waals surface area contributed by atoms with Gasteiger partial charge in [-0.05, 0) is 0 Å². The average molecular weight is 450 g/mol. The largest absolute Gasteiger partial charge is 1.00 e. The Morgan fingerprint density at radius 1 is 1.12 bits per heavy atom. The molecule has 3 rings (SSSR count).